The molecule has 2 rings (SSSR count). The number of likely N-dealkylation sites (N-methyl/N-ethyl adjacent to an activating group) is 2. The molecule has 0 aliphatic heterocycles. The number of hydrogen-bond acceptors (Lipinski definition) is 4. The van der Waals surface area contributed by atoms with E-state index in [9.17, 15) is 9.59 Å². The summed E-state index contributed by atoms with van der Waals surface area (Å²) in [6.45, 7) is 0.673. The number of hydrogen-bond donors (Lipinski definition) is 2. The number of carbonyl (C=O) groups is 2. The summed E-state index contributed by atoms with van der Waals surface area (Å²) in [6.07, 6.45) is 0. The maximum Gasteiger partial charge on any atom is 0.238 e. The van der Waals surface area contributed by atoms with Crippen molar-refractivity contribution in [1.29, 1.82) is 0 Å². The summed E-state index contributed by atoms with van der Waals surface area (Å²) in [5.74, 6) is -0.383. The molecule has 0 aliphatic carbocycles. The van der Waals surface area contributed by atoms with Gasteiger partial charge in [0, 0.05) is 12.2 Å². The van der Waals surface area contributed by atoms with Crippen molar-refractivity contribution in [1.82, 2.24) is 15.1 Å². The van der Waals surface area contributed by atoms with Crippen LogP contribution in [0, 0.1) is 0 Å². The van der Waals surface area contributed by atoms with Crippen LogP contribution in [0.5, 0.6) is 0 Å². The van der Waals surface area contributed by atoms with E-state index in [0.29, 0.717) is 22.3 Å². The molecule has 2 amide bonds. The molecule has 2 N–H and O–H groups in total. The number of amides is 2. The van der Waals surface area contributed by atoms with Gasteiger partial charge >= 0.3 is 0 Å². The number of benzene rings is 2. The van der Waals surface area contributed by atoms with E-state index in [-0.39, 0.29) is 30.9 Å². The van der Waals surface area contributed by atoms with Gasteiger partial charge in [0.25, 0.3) is 0 Å². The van der Waals surface area contributed by atoms with Gasteiger partial charge in [0.05, 0.1) is 29.2 Å². The van der Waals surface area contributed by atoms with E-state index in [4.69, 9.17) is 23.2 Å². The molecule has 0 radical (unpaired) electrons. The number of carbonyl (C=O) groups excluding carboxylic acids is 2. The summed E-state index contributed by atoms with van der Waals surface area (Å²) in [6, 6.07) is 14.9. The fourth-order valence-corrected chi connectivity index (χ4v) is 3.16. The van der Waals surface area contributed by atoms with E-state index in [0.717, 1.165) is 5.56 Å². The molecule has 1 atom stereocenters. The maximum atomic E-state index is 12.3. The number of nitrogens with one attached hydrogen (secondary N) is 2. The summed E-state index contributed by atoms with van der Waals surface area (Å²) in [7, 11) is 5.67. The van der Waals surface area contributed by atoms with Crippen LogP contribution in [0.25, 0.3) is 0 Å². The van der Waals surface area contributed by atoms with Crippen LogP contribution in [0.2, 0.25) is 10.0 Å². The Morgan fingerprint density at radius 3 is 2.21 bits per heavy atom. The lowest BCUT2D eigenvalue weighted by molar-refractivity contribution is -0.123. The van der Waals surface area contributed by atoms with Crippen LogP contribution in [-0.4, -0.2) is 62.4 Å². The Labute approximate surface area is 181 Å². The fourth-order valence-electron chi connectivity index (χ4n) is 2.86. The second-order valence-corrected chi connectivity index (χ2v) is 7.86. The lowest BCUT2D eigenvalue weighted by Gasteiger charge is -2.25. The van der Waals surface area contributed by atoms with Crippen LogP contribution in [0.4, 0.5) is 5.69 Å². The minimum atomic E-state index is -0.242. The number of anilines is 1. The molecule has 0 aliphatic rings. The molecule has 0 saturated carbocycles. The van der Waals surface area contributed by atoms with Gasteiger partial charge in [-0.15, -0.1) is 0 Å². The van der Waals surface area contributed by atoms with Gasteiger partial charge in [-0.3, -0.25) is 14.5 Å². The van der Waals surface area contributed by atoms with E-state index in [1.54, 1.807) is 30.1 Å². The average molecular weight is 437 g/mol. The minimum Gasteiger partial charge on any atom is -0.353 e. The first-order valence-corrected chi connectivity index (χ1v) is 9.93. The van der Waals surface area contributed by atoms with Crippen LogP contribution in [0.3, 0.4) is 0 Å². The van der Waals surface area contributed by atoms with Crippen LogP contribution in [0.15, 0.2) is 48.5 Å². The first kappa shape index (κ1) is 23.2. The van der Waals surface area contributed by atoms with E-state index < -0.39 is 0 Å². The van der Waals surface area contributed by atoms with Gasteiger partial charge in [-0.25, -0.2) is 0 Å². The standard InChI is InChI=1S/C21H26Cl2N4O2/c1-26(2)19(15-7-5-4-6-8-15)12-24-20(28)13-27(3)14-21(29)25-16-9-10-17(22)18(23)11-16/h4-11,19H,12-14H2,1-3H3,(H,24,28)(H,25,29). The monoisotopic (exact) mass is 436 g/mol. The molecule has 0 heterocycles. The molecule has 156 valence electrons. The lowest BCUT2D eigenvalue weighted by atomic mass is 10.1. The molecular weight excluding hydrogens is 411 g/mol. The summed E-state index contributed by atoms with van der Waals surface area (Å²) < 4.78 is 0. The van der Waals surface area contributed by atoms with Crippen LogP contribution in [-0.2, 0) is 9.59 Å². The van der Waals surface area contributed by atoms with Gasteiger partial charge in [-0.1, -0.05) is 53.5 Å². The third-order valence-electron chi connectivity index (χ3n) is 4.33. The molecule has 0 saturated heterocycles. The van der Waals surface area contributed by atoms with Crippen molar-refractivity contribution in [3.05, 3.63) is 64.1 Å². The first-order valence-electron chi connectivity index (χ1n) is 9.17. The number of nitrogens with zero attached hydrogens (tertiary/aromatic N) is 2. The Balaban J connectivity index is 1.80. The Kier molecular flexibility index (Phi) is 8.92. The largest absolute Gasteiger partial charge is 0.353 e. The highest BCUT2D eigenvalue weighted by molar-refractivity contribution is 6.42. The van der Waals surface area contributed by atoms with Crippen molar-refractivity contribution in [3.8, 4) is 0 Å². The fraction of sp³-hybridized carbons (Fsp3) is 0.333. The Bertz CT molecular complexity index is 831. The molecular formula is C21H26Cl2N4O2. The maximum absolute atomic E-state index is 12.3. The van der Waals surface area contributed by atoms with Crippen molar-refractivity contribution in [3.63, 3.8) is 0 Å². The highest BCUT2D eigenvalue weighted by Crippen LogP contribution is 2.24. The second kappa shape index (κ2) is 11.2. The van der Waals surface area contributed by atoms with Gasteiger partial charge in [-0.2, -0.15) is 0 Å². The molecule has 0 fully saturated rings. The molecule has 2 aromatic rings. The van der Waals surface area contributed by atoms with Crippen LogP contribution >= 0.6 is 23.2 Å². The van der Waals surface area contributed by atoms with Gasteiger partial charge in [0.15, 0.2) is 0 Å². The summed E-state index contributed by atoms with van der Waals surface area (Å²) in [5.41, 5.74) is 1.69. The Hall–Kier alpha value is -2.12. The topological polar surface area (TPSA) is 64.7 Å². The van der Waals surface area contributed by atoms with Gasteiger partial charge in [-0.05, 0) is 44.9 Å². The zero-order valence-electron chi connectivity index (χ0n) is 16.8. The molecule has 29 heavy (non-hydrogen) atoms. The normalized spacial score (nSPS) is 12.1. The van der Waals surface area contributed by atoms with Crippen LogP contribution in [0.1, 0.15) is 11.6 Å². The van der Waals surface area contributed by atoms with E-state index in [2.05, 4.69) is 15.5 Å². The molecule has 0 spiro atoms. The average Bonchev–Trinajstić information content (AvgIpc) is 2.65. The highest BCUT2D eigenvalue weighted by atomic mass is 35.5. The lowest BCUT2D eigenvalue weighted by Crippen LogP contribution is -2.41. The Morgan fingerprint density at radius 1 is 0.931 bits per heavy atom. The summed E-state index contributed by atoms with van der Waals surface area (Å²) >= 11 is 11.8. The van der Waals surface area contributed by atoms with Gasteiger partial charge in [0.2, 0.25) is 11.8 Å². The van der Waals surface area contributed by atoms with E-state index >= 15 is 0 Å². The predicted molar refractivity (Wildman–Crippen MR) is 118 cm³/mol. The third kappa shape index (κ3) is 7.66. The van der Waals surface area contributed by atoms with Crippen molar-refractivity contribution < 1.29 is 9.59 Å². The molecule has 6 nitrogen and oxygen atoms in total. The molecule has 0 aromatic heterocycles. The van der Waals surface area contributed by atoms with E-state index in [1.165, 1.54) is 0 Å². The van der Waals surface area contributed by atoms with Gasteiger partial charge < -0.3 is 15.5 Å². The Morgan fingerprint density at radius 2 is 1.59 bits per heavy atom. The molecule has 0 bridgehead atoms. The summed E-state index contributed by atoms with van der Waals surface area (Å²) in [5, 5.41) is 6.47. The predicted octanol–water partition coefficient (Wildman–Crippen LogP) is 3.28. The molecule has 1 unspecified atom stereocenters. The smallest absolute Gasteiger partial charge is 0.238 e. The zero-order chi connectivity index (χ0) is 21.4. The number of rotatable bonds is 9. The minimum absolute atomic E-state index is 0.0726. The van der Waals surface area contributed by atoms with Crippen molar-refractivity contribution >= 4 is 40.7 Å². The third-order valence-corrected chi connectivity index (χ3v) is 5.07. The quantitative estimate of drug-likeness (QED) is 0.632. The highest BCUT2D eigenvalue weighted by Gasteiger charge is 2.16. The second-order valence-electron chi connectivity index (χ2n) is 7.04. The zero-order valence-corrected chi connectivity index (χ0v) is 18.3. The van der Waals surface area contributed by atoms with Crippen LogP contribution < -0.4 is 10.6 Å². The SMILES string of the molecule is CN(CC(=O)NCC(c1ccccc1)N(C)C)CC(=O)Nc1ccc(Cl)c(Cl)c1. The first-order chi connectivity index (χ1) is 13.8. The molecule has 8 heteroatoms. The van der Waals surface area contributed by atoms with E-state index in [1.807, 2.05) is 44.4 Å². The van der Waals surface area contributed by atoms with Crippen molar-refractivity contribution in [2.75, 3.05) is 46.1 Å². The van der Waals surface area contributed by atoms with Crippen molar-refractivity contribution in [2.24, 2.45) is 0 Å². The van der Waals surface area contributed by atoms with Crippen molar-refractivity contribution in [2.45, 2.75) is 6.04 Å². The van der Waals surface area contributed by atoms with Gasteiger partial charge in [0.1, 0.15) is 0 Å². The summed E-state index contributed by atoms with van der Waals surface area (Å²) in [4.78, 5) is 28.2. The molecule has 2 aromatic carbocycles. The number of halogens is 2.